The van der Waals surface area contributed by atoms with Crippen LogP contribution in [0.1, 0.15) is 42.0 Å². The van der Waals surface area contributed by atoms with Crippen LogP contribution in [0.5, 0.6) is 0 Å². The number of fused-ring (bicyclic) bond motifs is 1. The summed E-state index contributed by atoms with van der Waals surface area (Å²) in [4.78, 5) is 12.4. The zero-order valence-corrected chi connectivity index (χ0v) is 15.3. The first-order valence-corrected chi connectivity index (χ1v) is 8.41. The topological polar surface area (TPSA) is 67.2 Å². The number of carbonyl (C=O) groups excluding carboxylic acids is 1. The van der Waals surface area contributed by atoms with Gasteiger partial charge in [-0.15, -0.1) is 12.4 Å². The molecule has 0 bridgehead atoms. The van der Waals surface area contributed by atoms with Gasteiger partial charge in [0.2, 0.25) is 5.91 Å². The quantitative estimate of drug-likeness (QED) is 0.851. The summed E-state index contributed by atoms with van der Waals surface area (Å²) in [6, 6.07) is 3.50. The van der Waals surface area contributed by atoms with Gasteiger partial charge < -0.3 is 15.2 Å². The van der Waals surface area contributed by atoms with E-state index in [4.69, 9.17) is 4.52 Å². The number of benzene rings is 1. The number of amides is 1. The van der Waals surface area contributed by atoms with Gasteiger partial charge in [-0.25, -0.2) is 4.39 Å². The Labute approximate surface area is 152 Å². The molecule has 1 aromatic carbocycles. The third kappa shape index (κ3) is 4.02. The Morgan fingerprint density at radius 3 is 2.88 bits per heavy atom. The molecule has 7 heteroatoms. The van der Waals surface area contributed by atoms with Crippen molar-refractivity contribution >= 4 is 24.0 Å². The summed E-state index contributed by atoms with van der Waals surface area (Å²) >= 11 is 0. The van der Waals surface area contributed by atoms with Crippen LogP contribution in [0.3, 0.4) is 0 Å². The van der Waals surface area contributed by atoms with Crippen molar-refractivity contribution in [3.8, 4) is 0 Å². The zero-order valence-electron chi connectivity index (χ0n) is 14.4. The molecule has 5 nitrogen and oxygen atoms in total. The second kappa shape index (κ2) is 8.45. The maximum atomic E-state index is 14.6. The molecule has 25 heavy (non-hydrogen) atoms. The van der Waals surface area contributed by atoms with Crippen LogP contribution in [-0.2, 0) is 37.0 Å². The number of rotatable bonds is 5. The average molecular weight is 368 g/mol. The van der Waals surface area contributed by atoms with Gasteiger partial charge in [-0.1, -0.05) is 25.1 Å². The highest BCUT2D eigenvalue weighted by Gasteiger charge is 2.20. The molecule has 0 aliphatic carbocycles. The summed E-state index contributed by atoms with van der Waals surface area (Å²) < 4.78 is 19.9. The molecule has 0 atom stereocenters. The minimum atomic E-state index is -0.320. The van der Waals surface area contributed by atoms with Gasteiger partial charge in [0, 0.05) is 18.5 Å². The van der Waals surface area contributed by atoms with Crippen LogP contribution in [0.25, 0.3) is 0 Å². The van der Waals surface area contributed by atoms with Crippen molar-refractivity contribution in [2.45, 2.75) is 46.1 Å². The first kappa shape index (κ1) is 19.4. The maximum absolute atomic E-state index is 14.6. The predicted molar refractivity (Wildman–Crippen MR) is 96.7 cm³/mol. The van der Waals surface area contributed by atoms with Gasteiger partial charge >= 0.3 is 0 Å². The third-order valence-electron chi connectivity index (χ3n) is 4.43. The van der Waals surface area contributed by atoms with Crippen LogP contribution < -0.4 is 10.6 Å². The molecule has 0 saturated carbocycles. The van der Waals surface area contributed by atoms with Crippen molar-refractivity contribution in [3.63, 3.8) is 0 Å². The van der Waals surface area contributed by atoms with Gasteiger partial charge in [0.05, 0.1) is 17.8 Å². The Kier molecular flexibility index (Phi) is 6.56. The fourth-order valence-electron chi connectivity index (χ4n) is 3.12. The number of hydrogen-bond acceptors (Lipinski definition) is 4. The maximum Gasteiger partial charge on any atom is 0.229 e. The van der Waals surface area contributed by atoms with E-state index in [0.29, 0.717) is 31.4 Å². The highest BCUT2D eigenvalue weighted by molar-refractivity contribution is 5.92. The highest BCUT2D eigenvalue weighted by atomic mass is 35.5. The van der Waals surface area contributed by atoms with Gasteiger partial charge in [-0.3, -0.25) is 4.79 Å². The molecular weight excluding hydrogens is 345 g/mol. The summed E-state index contributed by atoms with van der Waals surface area (Å²) in [6.45, 7) is 5.34. The second-order valence-electron chi connectivity index (χ2n) is 5.95. The van der Waals surface area contributed by atoms with Gasteiger partial charge in [-0.2, -0.15) is 0 Å². The van der Waals surface area contributed by atoms with Gasteiger partial charge in [0.15, 0.2) is 0 Å². The molecule has 136 valence electrons. The summed E-state index contributed by atoms with van der Waals surface area (Å²) in [5, 5.41) is 9.91. The molecule has 1 aromatic heterocycles. The molecule has 0 radical (unpaired) electrons. The Morgan fingerprint density at radius 1 is 1.36 bits per heavy atom. The molecule has 1 aliphatic heterocycles. The molecule has 2 heterocycles. The summed E-state index contributed by atoms with van der Waals surface area (Å²) in [6.07, 6.45) is 2.16. The van der Waals surface area contributed by atoms with E-state index >= 15 is 0 Å². The Hall–Kier alpha value is -1.92. The molecule has 0 fully saturated rings. The van der Waals surface area contributed by atoms with Crippen molar-refractivity contribution in [1.82, 2.24) is 10.5 Å². The number of halogens is 2. The molecule has 1 aliphatic rings. The second-order valence-corrected chi connectivity index (χ2v) is 5.95. The first-order valence-electron chi connectivity index (χ1n) is 8.41. The summed E-state index contributed by atoms with van der Waals surface area (Å²) in [7, 11) is 0. The fourth-order valence-corrected chi connectivity index (χ4v) is 3.12. The van der Waals surface area contributed by atoms with E-state index in [1.165, 1.54) is 0 Å². The van der Waals surface area contributed by atoms with Crippen molar-refractivity contribution in [1.29, 1.82) is 0 Å². The molecule has 2 N–H and O–H groups in total. The molecule has 0 saturated heterocycles. The third-order valence-corrected chi connectivity index (χ3v) is 4.43. The standard InChI is InChI=1S/C18H22FN3O2.ClH/c1-3-14-13(16(4-2)24-22-14)9-17(23)21-15-6-5-11-10-20-8-7-12(11)18(15)19;/h5-6,20H,3-4,7-10H2,1-2H3,(H,21,23);1H. The minimum Gasteiger partial charge on any atom is -0.361 e. The smallest absolute Gasteiger partial charge is 0.229 e. The lowest BCUT2D eigenvalue weighted by atomic mass is 9.99. The Bertz CT molecular complexity index is 740. The number of nitrogens with zero attached hydrogens (tertiary/aromatic N) is 1. The number of aromatic nitrogens is 1. The van der Waals surface area contributed by atoms with Crippen molar-refractivity contribution < 1.29 is 13.7 Å². The molecule has 2 aromatic rings. The van der Waals surface area contributed by atoms with Crippen molar-refractivity contribution in [2.75, 3.05) is 11.9 Å². The van der Waals surface area contributed by atoms with Crippen LogP contribution in [0.15, 0.2) is 16.7 Å². The van der Waals surface area contributed by atoms with Crippen molar-refractivity contribution in [2.24, 2.45) is 0 Å². The van der Waals surface area contributed by atoms with Crippen LogP contribution in [-0.4, -0.2) is 17.6 Å². The van der Waals surface area contributed by atoms with Gasteiger partial charge in [-0.05, 0) is 36.6 Å². The molecule has 0 spiro atoms. The molecule has 0 unspecified atom stereocenters. The summed E-state index contributed by atoms with van der Waals surface area (Å²) in [5.41, 5.74) is 3.50. The van der Waals surface area contributed by atoms with E-state index in [1.54, 1.807) is 6.07 Å². The highest BCUT2D eigenvalue weighted by Crippen LogP contribution is 2.25. The van der Waals surface area contributed by atoms with Crippen LogP contribution in [0.2, 0.25) is 0 Å². The van der Waals surface area contributed by atoms with E-state index < -0.39 is 0 Å². The van der Waals surface area contributed by atoms with Gasteiger partial charge in [0.1, 0.15) is 11.6 Å². The zero-order chi connectivity index (χ0) is 17.1. The van der Waals surface area contributed by atoms with E-state index in [1.807, 2.05) is 19.9 Å². The van der Waals surface area contributed by atoms with Gasteiger partial charge in [0.25, 0.3) is 0 Å². The largest absolute Gasteiger partial charge is 0.361 e. The van der Waals surface area contributed by atoms with Crippen LogP contribution >= 0.6 is 12.4 Å². The lowest BCUT2D eigenvalue weighted by molar-refractivity contribution is -0.115. The summed E-state index contributed by atoms with van der Waals surface area (Å²) in [5.74, 6) is 0.147. The molecular formula is C18H23ClFN3O2. The first-order chi connectivity index (χ1) is 11.6. The normalized spacial score (nSPS) is 13.1. The minimum absolute atomic E-state index is 0. The number of nitrogens with one attached hydrogen (secondary N) is 2. The SMILES string of the molecule is CCc1noc(CC)c1CC(=O)Nc1ccc2c(c1F)CCNC2.Cl. The van der Waals surface area contributed by atoms with Crippen LogP contribution in [0, 0.1) is 5.82 Å². The van der Waals surface area contributed by atoms with E-state index in [0.717, 1.165) is 29.1 Å². The van der Waals surface area contributed by atoms with E-state index in [-0.39, 0.29) is 36.2 Å². The number of carbonyl (C=O) groups is 1. The molecule has 3 rings (SSSR count). The van der Waals surface area contributed by atoms with Crippen LogP contribution in [0.4, 0.5) is 10.1 Å². The lowest BCUT2D eigenvalue weighted by Gasteiger charge is -2.19. The van der Waals surface area contributed by atoms with E-state index in [2.05, 4.69) is 15.8 Å². The Morgan fingerprint density at radius 2 is 2.16 bits per heavy atom. The number of hydrogen-bond donors (Lipinski definition) is 2. The van der Waals surface area contributed by atoms with E-state index in [9.17, 15) is 9.18 Å². The average Bonchev–Trinajstić information content (AvgIpc) is 2.99. The Balaban J connectivity index is 0.00000225. The number of aryl methyl sites for hydroxylation is 2. The predicted octanol–water partition coefficient (Wildman–Crippen LogP) is 3.19. The number of anilines is 1. The lowest BCUT2D eigenvalue weighted by Crippen LogP contribution is -2.25. The molecule has 1 amide bonds. The monoisotopic (exact) mass is 367 g/mol. The fraction of sp³-hybridized carbons (Fsp3) is 0.444. The van der Waals surface area contributed by atoms with Crippen molar-refractivity contribution in [3.05, 3.63) is 46.1 Å².